The quantitative estimate of drug-likeness (QED) is 0.448. The summed E-state index contributed by atoms with van der Waals surface area (Å²) in [6.07, 6.45) is 1.15. The van der Waals surface area contributed by atoms with Crippen molar-refractivity contribution < 1.29 is 18.8 Å². The largest absolute Gasteiger partial charge is 0.462 e. The average Bonchev–Trinajstić information content (AvgIpc) is 2.97. The van der Waals surface area contributed by atoms with Crippen LogP contribution >= 0.6 is 55.1 Å². The lowest BCUT2D eigenvalue weighted by molar-refractivity contribution is -0.111. The Bertz CT molecular complexity index is 928. The van der Waals surface area contributed by atoms with Crippen molar-refractivity contribution in [2.45, 2.75) is 0 Å². The van der Waals surface area contributed by atoms with E-state index in [1.807, 2.05) is 0 Å². The van der Waals surface area contributed by atoms with Gasteiger partial charge in [0.05, 0.1) is 30.1 Å². The van der Waals surface area contributed by atoms with E-state index in [9.17, 15) is 14.4 Å². The molecule has 0 unspecified atom stereocenters. The average molecular weight is 479 g/mol. The van der Waals surface area contributed by atoms with E-state index in [1.54, 1.807) is 0 Å². The van der Waals surface area contributed by atoms with Crippen LogP contribution in [0.25, 0.3) is 4.48 Å². The van der Waals surface area contributed by atoms with Gasteiger partial charge in [-0.1, -0.05) is 23.2 Å². The third-order valence-electron chi connectivity index (χ3n) is 3.24. The van der Waals surface area contributed by atoms with E-state index < -0.39 is 17.3 Å². The molecule has 0 amide bonds. The third kappa shape index (κ3) is 2.63. The van der Waals surface area contributed by atoms with Gasteiger partial charge in [0.1, 0.15) is 6.26 Å². The maximum atomic E-state index is 12.6. The SMILES string of the molecule is O=C1C(=O)c2c(C(=O)c3ccc(Cl)c(Cl)c3)coc2C(Br)=C1Br. The standard InChI is InChI=1S/C15H4Br2Cl2O4/c16-10-11(17)15-9(13(21)14(10)22)6(4-23-15)12(20)5-1-2-7(18)8(19)3-5/h1-4H. The molecule has 0 saturated carbocycles. The van der Waals surface area contributed by atoms with Gasteiger partial charge in [0.15, 0.2) is 11.5 Å². The number of hydrogen-bond acceptors (Lipinski definition) is 4. The topological polar surface area (TPSA) is 64.3 Å². The summed E-state index contributed by atoms with van der Waals surface area (Å²) >= 11 is 17.9. The molecule has 8 heteroatoms. The van der Waals surface area contributed by atoms with Gasteiger partial charge in [-0.15, -0.1) is 0 Å². The molecule has 2 aromatic rings. The number of ketones is 3. The van der Waals surface area contributed by atoms with Crippen LogP contribution in [0.4, 0.5) is 0 Å². The van der Waals surface area contributed by atoms with E-state index in [0.29, 0.717) is 5.02 Å². The molecule has 0 fully saturated rings. The van der Waals surface area contributed by atoms with E-state index >= 15 is 0 Å². The van der Waals surface area contributed by atoms with Gasteiger partial charge in [0, 0.05) is 5.56 Å². The molecule has 1 aromatic heterocycles. The van der Waals surface area contributed by atoms with Crippen molar-refractivity contribution >= 4 is 76.9 Å². The predicted octanol–water partition coefficient (Wildman–Crippen LogP) is 5.04. The number of rotatable bonds is 2. The van der Waals surface area contributed by atoms with Gasteiger partial charge in [-0.3, -0.25) is 14.4 Å². The fourth-order valence-corrected chi connectivity index (χ4v) is 3.25. The molecule has 0 aliphatic heterocycles. The highest BCUT2D eigenvalue weighted by atomic mass is 79.9. The summed E-state index contributed by atoms with van der Waals surface area (Å²) in [6.45, 7) is 0. The minimum atomic E-state index is -0.813. The number of carbonyl (C=O) groups is 3. The molecule has 23 heavy (non-hydrogen) atoms. The first-order valence-electron chi connectivity index (χ1n) is 6.08. The van der Waals surface area contributed by atoms with E-state index in [4.69, 9.17) is 27.6 Å². The van der Waals surface area contributed by atoms with Crippen molar-refractivity contribution in [1.29, 1.82) is 0 Å². The maximum absolute atomic E-state index is 12.6. The first-order valence-corrected chi connectivity index (χ1v) is 8.43. The predicted molar refractivity (Wildman–Crippen MR) is 92.7 cm³/mol. The zero-order chi connectivity index (χ0) is 16.9. The van der Waals surface area contributed by atoms with Crippen molar-refractivity contribution in [2.75, 3.05) is 0 Å². The Kier molecular flexibility index (Phi) is 4.35. The third-order valence-corrected chi connectivity index (χ3v) is 6.03. The van der Waals surface area contributed by atoms with Crippen molar-refractivity contribution in [3.63, 3.8) is 0 Å². The number of carbonyl (C=O) groups excluding carboxylic acids is 3. The van der Waals surface area contributed by atoms with E-state index in [1.165, 1.54) is 18.2 Å². The zero-order valence-electron chi connectivity index (χ0n) is 11.0. The molecular weight excluding hydrogens is 475 g/mol. The van der Waals surface area contributed by atoms with Crippen LogP contribution in [0.5, 0.6) is 0 Å². The number of allylic oxidation sites excluding steroid dienone is 1. The molecule has 1 aromatic carbocycles. The molecule has 0 bridgehead atoms. The molecular formula is C15H4Br2Cl2O4. The fraction of sp³-hybridized carbons (Fsp3) is 0. The van der Waals surface area contributed by atoms with Gasteiger partial charge in [-0.25, -0.2) is 0 Å². The second-order valence-electron chi connectivity index (χ2n) is 4.60. The normalized spacial score (nSPS) is 14.3. The van der Waals surface area contributed by atoms with Crippen LogP contribution in [-0.4, -0.2) is 17.3 Å². The minimum absolute atomic E-state index is 0.00584. The Balaban J connectivity index is 2.15. The van der Waals surface area contributed by atoms with Crippen LogP contribution in [0.2, 0.25) is 10.0 Å². The molecule has 1 heterocycles. The van der Waals surface area contributed by atoms with Crippen LogP contribution in [0.3, 0.4) is 0 Å². The Hall–Kier alpha value is -1.21. The van der Waals surface area contributed by atoms with Gasteiger partial charge in [-0.05, 0) is 50.1 Å². The van der Waals surface area contributed by atoms with Gasteiger partial charge >= 0.3 is 0 Å². The molecule has 0 saturated heterocycles. The van der Waals surface area contributed by atoms with Gasteiger partial charge in [0.25, 0.3) is 0 Å². The summed E-state index contributed by atoms with van der Waals surface area (Å²) in [5.74, 6) is -1.93. The molecule has 1 aliphatic carbocycles. The monoisotopic (exact) mass is 476 g/mol. The summed E-state index contributed by atoms with van der Waals surface area (Å²) in [5.41, 5.74) is 0.155. The first kappa shape index (κ1) is 16.6. The Morgan fingerprint density at radius 3 is 2.35 bits per heavy atom. The zero-order valence-corrected chi connectivity index (χ0v) is 15.6. The second kappa shape index (κ2) is 6.02. The van der Waals surface area contributed by atoms with Crippen LogP contribution in [-0.2, 0) is 4.79 Å². The second-order valence-corrected chi connectivity index (χ2v) is 7.00. The summed E-state index contributed by atoms with van der Waals surface area (Å²) in [5, 5.41) is 0.513. The summed E-state index contributed by atoms with van der Waals surface area (Å²) in [6, 6.07) is 4.34. The molecule has 0 radical (unpaired) electrons. The number of fused-ring (bicyclic) bond motifs is 1. The van der Waals surface area contributed by atoms with Crippen LogP contribution in [0.15, 0.2) is 33.4 Å². The molecule has 0 atom stereocenters. The number of hydrogen-bond donors (Lipinski definition) is 0. The fourth-order valence-electron chi connectivity index (χ4n) is 2.12. The van der Waals surface area contributed by atoms with E-state index in [-0.39, 0.29) is 36.4 Å². The number of furan rings is 1. The Morgan fingerprint density at radius 2 is 1.70 bits per heavy atom. The Morgan fingerprint density at radius 1 is 1.00 bits per heavy atom. The van der Waals surface area contributed by atoms with E-state index in [0.717, 1.165) is 6.26 Å². The van der Waals surface area contributed by atoms with Gasteiger partial charge in [0.2, 0.25) is 11.6 Å². The molecule has 4 nitrogen and oxygen atoms in total. The van der Waals surface area contributed by atoms with Crippen LogP contribution < -0.4 is 0 Å². The summed E-state index contributed by atoms with van der Waals surface area (Å²) in [4.78, 5) is 36.8. The number of halogens is 4. The van der Waals surface area contributed by atoms with Gasteiger partial charge in [-0.2, -0.15) is 0 Å². The lowest BCUT2D eigenvalue weighted by atomic mass is 9.94. The van der Waals surface area contributed by atoms with Crippen LogP contribution in [0, 0.1) is 0 Å². The highest BCUT2D eigenvalue weighted by Gasteiger charge is 2.37. The summed E-state index contributed by atoms with van der Waals surface area (Å²) in [7, 11) is 0. The lowest BCUT2D eigenvalue weighted by Gasteiger charge is -2.10. The van der Waals surface area contributed by atoms with Crippen molar-refractivity contribution in [2.24, 2.45) is 0 Å². The van der Waals surface area contributed by atoms with Crippen LogP contribution in [0.1, 0.15) is 32.0 Å². The lowest BCUT2D eigenvalue weighted by Crippen LogP contribution is -2.22. The molecule has 0 N–H and O–H groups in total. The molecule has 3 rings (SSSR count). The molecule has 0 spiro atoms. The van der Waals surface area contributed by atoms with E-state index in [2.05, 4.69) is 31.9 Å². The highest BCUT2D eigenvalue weighted by molar-refractivity contribution is 9.16. The first-order chi connectivity index (χ1) is 10.8. The van der Waals surface area contributed by atoms with Crippen molar-refractivity contribution in [1.82, 2.24) is 0 Å². The smallest absolute Gasteiger partial charge is 0.241 e. The highest BCUT2D eigenvalue weighted by Crippen LogP contribution is 2.39. The minimum Gasteiger partial charge on any atom is -0.462 e. The number of benzene rings is 1. The van der Waals surface area contributed by atoms with Gasteiger partial charge < -0.3 is 4.42 Å². The molecule has 1 aliphatic rings. The van der Waals surface area contributed by atoms with Crippen molar-refractivity contribution in [3.8, 4) is 0 Å². The van der Waals surface area contributed by atoms with Crippen molar-refractivity contribution in [3.05, 3.63) is 61.4 Å². The Labute approximate surface area is 156 Å². The summed E-state index contributed by atoms with van der Waals surface area (Å²) < 4.78 is 5.63. The number of Topliss-reactive ketones (excluding diaryl/α,β-unsaturated/α-hetero) is 2. The molecule has 116 valence electrons. The maximum Gasteiger partial charge on any atom is 0.241 e.